The average molecular weight is 399 g/mol. The Morgan fingerprint density at radius 3 is 2.53 bits per heavy atom. The third-order valence-corrected chi connectivity index (χ3v) is 5.78. The first-order chi connectivity index (χ1) is 14.6. The smallest absolute Gasteiger partial charge is 0.227 e. The molecule has 0 unspecified atom stereocenters. The van der Waals surface area contributed by atoms with Crippen LogP contribution < -0.4 is 4.90 Å². The fraction of sp³-hybridized carbons (Fsp3) is 0.200. The number of rotatable bonds is 4. The number of carbonyl (C=O) groups excluding carboxylic acids is 1. The Morgan fingerprint density at radius 2 is 1.73 bits per heavy atom. The molecule has 1 aliphatic heterocycles. The van der Waals surface area contributed by atoms with Crippen LogP contribution in [0, 0.1) is 12.7 Å². The van der Waals surface area contributed by atoms with Crippen molar-refractivity contribution >= 4 is 22.6 Å². The first-order valence-corrected chi connectivity index (χ1v) is 10.2. The van der Waals surface area contributed by atoms with Crippen molar-refractivity contribution in [2.45, 2.75) is 25.8 Å². The molecule has 30 heavy (non-hydrogen) atoms. The van der Waals surface area contributed by atoms with E-state index in [2.05, 4.69) is 41.8 Å². The number of fused-ring (bicyclic) bond motifs is 1. The van der Waals surface area contributed by atoms with Gasteiger partial charge in [-0.05, 0) is 36.8 Å². The standard InChI is InChI=1S/C25H22FN3O/c1-17-10-12-18(13-11-17)15-29-23-9-5-3-7-21(23)27-25(29)19-14-24(30)28(16-19)22-8-4-2-6-20(22)26/h2-13,19H,14-16H2,1H3/t19-/m0/s1. The highest BCUT2D eigenvalue weighted by Gasteiger charge is 2.35. The summed E-state index contributed by atoms with van der Waals surface area (Å²) in [5.41, 5.74) is 4.70. The van der Waals surface area contributed by atoms with Gasteiger partial charge < -0.3 is 9.47 Å². The van der Waals surface area contributed by atoms with Gasteiger partial charge in [-0.25, -0.2) is 9.37 Å². The molecule has 1 fully saturated rings. The van der Waals surface area contributed by atoms with E-state index in [1.54, 1.807) is 23.1 Å². The largest absolute Gasteiger partial charge is 0.323 e. The molecule has 0 aliphatic carbocycles. The molecule has 4 aromatic rings. The second-order valence-electron chi connectivity index (χ2n) is 7.89. The van der Waals surface area contributed by atoms with Crippen LogP contribution in [0.4, 0.5) is 10.1 Å². The summed E-state index contributed by atoms with van der Waals surface area (Å²) in [7, 11) is 0. The zero-order valence-corrected chi connectivity index (χ0v) is 16.8. The first kappa shape index (κ1) is 18.6. The summed E-state index contributed by atoms with van der Waals surface area (Å²) in [6.45, 7) is 3.18. The van der Waals surface area contributed by atoms with Gasteiger partial charge in [0.25, 0.3) is 0 Å². The highest BCUT2D eigenvalue weighted by Crippen LogP contribution is 2.34. The van der Waals surface area contributed by atoms with Gasteiger partial charge in [-0.15, -0.1) is 0 Å². The molecule has 0 radical (unpaired) electrons. The van der Waals surface area contributed by atoms with Crippen LogP contribution in [0.3, 0.4) is 0 Å². The maximum atomic E-state index is 14.3. The number of hydrogen-bond acceptors (Lipinski definition) is 2. The molecule has 4 nitrogen and oxygen atoms in total. The zero-order chi connectivity index (χ0) is 20.7. The normalized spacial score (nSPS) is 16.5. The molecule has 5 rings (SSSR count). The molecular formula is C25H22FN3O. The third kappa shape index (κ3) is 3.26. The Labute approximate surface area is 174 Å². The number of aryl methyl sites for hydroxylation is 1. The number of amides is 1. The SMILES string of the molecule is Cc1ccc(Cn2c([C@H]3CC(=O)N(c4ccccc4F)C3)nc3ccccc32)cc1. The van der Waals surface area contributed by atoms with Crippen molar-refractivity contribution in [3.63, 3.8) is 0 Å². The molecule has 0 saturated carbocycles. The molecule has 0 bridgehead atoms. The van der Waals surface area contributed by atoms with E-state index in [1.165, 1.54) is 17.2 Å². The van der Waals surface area contributed by atoms with Gasteiger partial charge in [0, 0.05) is 25.4 Å². The average Bonchev–Trinajstić information content (AvgIpc) is 3.31. The van der Waals surface area contributed by atoms with Gasteiger partial charge in [-0.1, -0.05) is 54.1 Å². The van der Waals surface area contributed by atoms with E-state index in [4.69, 9.17) is 4.98 Å². The summed E-state index contributed by atoms with van der Waals surface area (Å²) < 4.78 is 16.5. The Kier molecular flexibility index (Phi) is 4.58. The van der Waals surface area contributed by atoms with Crippen LogP contribution in [0.15, 0.2) is 72.8 Å². The molecule has 5 heteroatoms. The highest BCUT2D eigenvalue weighted by molar-refractivity contribution is 5.96. The number of benzene rings is 3. The molecule has 1 aromatic heterocycles. The molecule has 1 amide bonds. The van der Waals surface area contributed by atoms with Crippen molar-refractivity contribution in [1.29, 1.82) is 0 Å². The quantitative estimate of drug-likeness (QED) is 0.481. The van der Waals surface area contributed by atoms with E-state index in [0.29, 0.717) is 25.2 Å². The van der Waals surface area contributed by atoms with Crippen LogP contribution in [0.2, 0.25) is 0 Å². The van der Waals surface area contributed by atoms with Crippen molar-refractivity contribution < 1.29 is 9.18 Å². The molecule has 0 spiro atoms. The lowest BCUT2D eigenvalue weighted by Gasteiger charge is -2.18. The van der Waals surface area contributed by atoms with Gasteiger partial charge in [0.05, 0.1) is 16.7 Å². The molecule has 0 N–H and O–H groups in total. The molecule has 1 saturated heterocycles. The van der Waals surface area contributed by atoms with Crippen molar-refractivity contribution in [2.75, 3.05) is 11.4 Å². The van der Waals surface area contributed by atoms with Gasteiger partial charge in [-0.2, -0.15) is 0 Å². The summed E-state index contributed by atoms with van der Waals surface area (Å²) in [4.78, 5) is 19.2. The first-order valence-electron chi connectivity index (χ1n) is 10.2. The number of carbonyl (C=O) groups is 1. The monoisotopic (exact) mass is 399 g/mol. The van der Waals surface area contributed by atoms with Crippen LogP contribution in [0.25, 0.3) is 11.0 Å². The van der Waals surface area contributed by atoms with Crippen LogP contribution in [0.1, 0.15) is 29.3 Å². The highest BCUT2D eigenvalue weighted by atomic mass is 19.1. The summed E-state index contributed by atoms with van der Waals surface area (Å²) in [6.07, 6.45) is 0.325. The Morgan fingerprint density at radius 1 is 1.00 bits per heavy atom. The maximum absolute atomic E-state index is 14.3. The lowest BCUT2D eigenvalue weighted by molar-refractivity contribution is -0.117. The van der Waals surface area contributed by atoms with Gasteiger partial charge >= 0.3 is 0 Å². The minimum atomic E-state index is -0.375. The van der Waals surface area contributed by atoms with Crippen molar-refractivity contribution in [2.24, 2.45) is 0 Å². The van der Waals surface area contributed by atoms with E-state index in [9.17, 15) is 9.18 Å². The minimum Gasteiger partial charge on any atom is -0.323 e. The lowest BCUT2D eigenvalue weighted by atomic mass is 10.1. The van der Waals surface area contributed by atoms with E-state index in [-0.39, 0.29) is 17.6 Å². The zero-order valence-electron chi connectivity index (χ0n) is 16.8. The fourth-order valence-electron chi connectivity index (χ4n) is 4.23. The second kappa shape index (κ2) is 7.41. The minimum absolute atomic E-state index is 0.0703. The van der Waals surface area contributed by atoms with Crippen LogP contribution in [-0.2, 0) is 11.3 Å². The van der Waals surface area contributed by atoms with Gasteiger partial charge in [0.2, 0.25) is 5.91 Å². The second-order valence-corrected chi connectivity index (χ2v) is 7.89. The number of anilines is 1. The molecule has 3 aromatic carbocycles. The topological polar surface area (TPSA) is 38.1 Å². The summed E-state index contributed by atoms with van der Waals surface area (Å²) >= 11 is 0. The van der Waals surface area contributed by atoms with Crippen LogP contribution in [-0.4, -0.2) is 22.0 Å². The Hall–Kier alpha value is -3.47. The van der Waals surface area contributed by atoms with Gasteiger partial charge in [0.15, 0.2) is 0 Å². The maximum Gasteiger partial charge on any atom is 0.227 e. The lowest BCUT2D eigenvalue weighted by Crippen LogP contribution is -2.25. The number of aromatic nitrogens is 2. The van der Waals surface area contributed by atoms with Crippen LogP contribution in [0.5, 0.6) is 0 Å². The molecule has 150 valence electrons. The number of halogens is 1. The Balaban J connectivity index is 1.53. The summed E-state index contributed by atoms with van der Waals surface area (Å²) in [5.74, 6) is 0.345. The molecule has 1 atom stereocenters. The fourth-order valence-corrected chi connectivity index (χ4v) is 4.23. The third-order valence-electron chi connectivity index (χ3n) is 5.78. The Bertz CT molecular complexity index is 1230. The van der Waals surface area contributed by atoms with Crippen molar-refractivity contribution in [1.82, 2.24) is 9.55 Å². The number of imidazole rings is 1. The number of para-hydroxylation sites is 3. The van der Waals surface area contributed by atoms with E-state index >= 15 is 0 Å². The molecule has 2 heterocycles. The van der Waals surface area contributed by atoms with Crippen molar-refractivity contribution in [3.8, 4) is 0 Å². The molecular weight excluding hydrogens is 377 g/mol. The van der Waals surface area contributed by atoms with Gasteiger partial charge in [-0.3, -0.25) is 4.79 Å². The number of hydrogen-bond donors (Lipinski definition) is 0. The number of nitrogens with zero attached hydrogens (tertiary/aromatic N) is 3. The van der Waals surface area contributed by atoms with Crippen molar-refractivity contribution in [3.05, 3.63) is 95.6 Å². The predicted molar refractivity (Wildman–Crippen MR) is 116 cm³/mol. The van der Waals surface area contributed by atoms with E-state index < -0.39 is 0 Å². The van der Waals surface area contributed by atoms with Gasteiger partial charge in [0.1, 0.15) is 11.6 Å². The van der Waals surface area contributed by atoms with Crippen LogP contribution >= 0.6 is 0 Å². The van der Waals surface area contributed by atoms with E-state index in [1.807, 2.05) is 18.2 Å². The predicted octanol–water partition coefficient (Wildman–Crippen LogP) is 5.05. The van der Waals surface area contributed by atoms with E-state index in [0.717, 1.165) is 16.9 Å². The summed E-state index contributed by atoms with van der Waals surface area (Å²) in [5, 5.41) is 0. The molecule has 1 aliphatic rings. The summed E-state index contributed by atoms with van der Waals surface area (Å²) in [6, 6.07) is 22.9.